The van der Waals surface area contributed by atoms with E-state index in [2.05, 4.69) is 34.9 Å². The predicted molar refractivity (Wildman–Crippen MR) is 153 cm³/mol. The number of ether oxygens (including phenoxy) is 1. The molecule has 0 heterocycles. The highest BCUT2D eigenvalue weighted by molar-refractivity contribution is 5.89. The Morgan fingerprint density at radius 2 is 1.70 bits per heavy atom. The Balaban J connectivity index is 1.49. The van der Waals surface area contributed by atoms with Crippen LogP contribution in [-0.2, 0) is 27.4 Å². The second kappa shape index (κ2) is 14.8. The van der Waals surface area contributed by atoms with E-state index >= 15 is 0 Å². The van der Waals surface area contributed by atoms with Gasteiger partial charge in [-0.3, -0.25) is 9.59 Å². The van der Waals surface area contributed by atoms with Crippen molar-refractivity contribution < 1.29 is 23.5 Å². The van der Waals surface area contributed by atoms with Crippen LogP contribution in [0.2, 0.25) is 0 Å². The van der Waals surface area contributed by atoms with Crippen molar-refractivity contribution in [1.29, 1.82) is 0 Å². The van der Waals surface area contributed by atoms with Gasteiger partial charge in [0.05, 0.1) is 0 Å². The van der Waals surface area contributed by atoms with Gasteiger partial charge in [-0.25, -0.2) is 9.18 Å². The first-order chi connectivity index (χ1) is 19.1. The zero-order chi connectivity index (χ0) is 29.1. The largest absolute Gasteiger partial charge is 0.445 e. The summed E-state index contributed by atoms with van der Waals surface area (Å²) in [5.41, 5.74) is 1.70. The molecule has 1 fully saturated rings. The van der Waals surface area contributed by atoms with Gasteiger partial charge in [0.1, 0.15) is 25.0 Å². The second-order valence-corrected chi connectivity index (χ2v) is 11.4. The van der Waals surface area contributed by atoms with Crippen molar-refractivity contribution in [2.75, 3.05) is 20.6 Å². The first-order valence-electron chi connectivity index (χ1n) is 14.0. The van der Waals surface area contributed by atoms with Crippen LogP contribution in [0.25, 0.3) is 0 Å². The minimum Gasteiger partial charge on any atom is -0.445 e. The molecule has 1 saturated carbocycles. The summed E-state index contributed by atoms with van der Waals surface area (Å²) < 4.78 is 18.9. The molecule has 3 rings (SSSR count). The number of hydrogen-bond acceptors (Lipinski definition) is 5. The molecule has 0 bridgehead atoms. The van der Waals surface area contributed by atoms with Crippen LogP contribution in [0.1, 0.15) is 57.1 Å². The minimum absolute atomic E-state index is 0.00858. The fourth-order valence-corrected chi connectivity index (χ4v) is 5.29. The van der Waals surface area contributed by atoms with Gasteiger partial charge in [0, 0.05) is 11.6 Å². The maximum absolute atomic E-state index is 13.8. The van der Waals surface area contributed by atoms with Crippen molar-refractivity contribution in [3.63, 3.8) is 0 Å². The lowest BCUT2D eigenvalue weighted by atomic mass is 9.74. The van der Waals surface area contributed by atoms with Crippen molar-refractivity contribution in [1.82, 2.24) is 20.9 Å². The Morgan fingerprint density at radius 3 is 2.33 bits per heavy atom. The van der Waals surface area contributed by atoms with Crippen molar-refractivity contribution in [3.8, 4) is 0 Å². The molecule has 218 valence electrons. The van der Waals surface area contributed by atoms with E-state index in [1.54, 1.807) is 12.1 Å². The van der Waals surface area contributed by atoms with E-state index in [0.29, 0.717) is 6.42 Å². The molecule has 2 aromatic carbocycles. The van der Waals surface area contributed by atoms with Gasteiger partial charge in [0.2, 0.25) is 11.8 Å². The number of benzene rings is 2. The molecule has 1 aliphatic rings. The van der Waals surface area contributed by atoms with Gasteiger partial charge in [-0.05, 0) is 81.8 Å². The average Bonchev–Trinajstić information content (AvgIpc) is 2.91. The van der Waals surface area contributed by atoms with Crippen molar-refractivity contribution >= 4 is 17.9 Å². The Labute approximate surface area is 237 Å². The number of nitrogens with zero attached hydrogens (tertiary/aromatic N) is 1. The first-order valence-corrected chi connectivity index (χ1v) is 14.0. The number of carbonyl (C=O) groups is 3. The van der Waals surface area contributed by atoms with Crippen molar-refractivity contribution in [2.24, 2.45) is 5.92 Å². The lowest BCUT2D eigenvalue weighted by molar-refractivity contribution is -0.129. The molecule has 1 unspecified atom stereocenters. The molecule has 0 radical (unpaired) electrons. The molecule has 0 aliphatic heterocycles. The smallest absolute Gasteiger partial charge is 0.407 e. The summed E-state index contributed by atoms with van der Waals surface area (Å²) >= 11 is 0. The molecule has 3 amide bonds. The maximum atomic E-state index is 13.8. The molecule has 0 spiro atoms. The van der Waals surface area contributed by atoms with Crippen molar-refractivity contribution in [2.45, 2.75) is 76.6 Å². The average molecular weight is 555 g/mol. The number of alkyl carbamates (subject to hydrolysis) is 1. The van der Waals surface area contributed by atoms with Crippen LogP contribution in [0.3, 0.4) is 0 Å². The highest BCUT2D eigenvalue weighted by atomic mass is 19.1. The molecular formula is C31H43FN4O4. The third-order valence-electron chi connectivity index (χ3n) is 7.60. The maximum Gasteiger partial charge on any atom is 0.407 e. The van der Waals surface area contributed by atoms with Crippen molar-refractivity contribution in [3.05, 3.63) is 71.5 Å². The van der Waals surface area contributed by atoms with Gasteiger partial charge in [-0.2, -0.15) is 0 Å². The van der Waals surface area contributed by atoms with E-state index < -0.39 is 18.0 Å². The predicted octanol–water partition coefficient (Wildman–Crippen LogP) is 4.18. The zero-order valence-electron chi connectivity index (χ0n) is 24.0. The molecule has 1 aliphatic carbocycles. The third-order valence-corrected chi connectivity index (χ3v) is 7.60. The Hall–Kier alpha value is -3.46. The lowest BCUT2D eigenvalue weighted by Gasteiger charge is -2.45. The summed E-state index contributed by atoms with van der Waals surface area (Å²) in [6.45, 7) is 3.80. The van der Waals surface area contributed by atoms with Gasteiger partial charge in [-0.1, -0.05) is 56.3 Å². The first kappa shape index (κ1) is 31.1. The summed E-state index contributed by atoms with van der Waals surface area (Å²) in [6, 6.07) is 15.3. The number of likely N-dealkylation sites (N-methyl/N-ethyl adjacent to an activating group) is 1. The van der Waals surface area contributed by atoms with Crippen LogP contribution in [0.15, 0.2) is 54.6 Å². The Morgan fingerprint density at radius 1 is 1.02 bits per heavy atom. The van der Waals surface area contributed by atoms with Crippen LogP contribution in [0, 0.1) is 11.7 Å². The second-order valence-electron chi connectivity index (χ2n) is 11.4. The lowest BCUT2D eigenvalue weighted by Crippen LogP contribution is -2.55. The fourth-order valence-electron chi connectivity index (χ4n) is 5.29. The Bertz CT molecular complexity index is 1120. The number of amides is 3. The standard InChI is InChI=1S/C31H43FN4O4/c1-22(2)17-27(35-28(37)20-33-30(39)40-21-23-9-6-5-7-10-23)29(38)34-26-13-15-31(16-14-26,36(3)4)19-24-11-8-12-25(32)18-24/h5-12,18,22,26-27H,13-17,19-21H2,1-4H3,(H,33,39)(H,34,38)(H,35,37). The summed E-state index contributed by atoms with van der Waals surface area (Å²) in [6.07, 6.45) is 3.81. The normalized spacial score (nSPS) is 19.6. The van der Waals surface area contributed by atoms with Crippen LogP contribution < -0.4 is 16.0 Å². The van der Waals surface area contributed by atoms with E-state index in [1.807, 2.05) is 50.2 Å². The quantitative estimate of drug-likeness (QED) is 0.366. The number of hydrogen-bond donors (Lipinski definition) is 3. The minimum atomic E-state index is -0.706. The van der Waals surface area contributed by atoms with Gasteiger partial charge < -0.3 is 25.6 Å². The molecule has 8 nitrogen and oxygen atoms in total. The summed E-state index contributed by atoms with van der Waals surface area (Å²) in [7, 11) is 4.11. The van der Waals surface area contributed by atoms with Gasteiger partial charge >= 0.3 is 6.09 Å². The topological polar surface area (TPSA) is 99.8 Å². The summed E-state index contributed by atoms with van der Waals surface area (Å²) in [4.78, 5) is 40.0. The molecule has 40 heavy (non-hydrogen) atoms. The molecule has 0 saturated heterocycles. The number of carbonyl (C=O) groups excluding carboxylic acids is 3. The number of nitrogens with one attached hydrogen (secondary N) is 3. The number of halogens is 1. The molecule has 9 heteroatoms. The summed E-state index contributed by atoms with van der Waals surface area (Å²) in [5, 5.41) is 8.35. The fraction of sp³-hybridized carbons (Fsp3) is 0.516. The van der Waals surface area contributed by atoms with E-state index in [0.717, 1.165) is 43.2 Å². The van der Waals surface area contributed by atoms with Crippen LogP contribution >= 0.6 is 0 Å². The Kier molecular flexibility index (Phi) is 11.5. The van der Waals surface area contributed by atoms with Crippen LogP contribution in [0.4, 0.5) is 9.18 Å². The summed E-state index contributed by atoms with van der Waals surface area (Å²) in [5.74, 6) is -0.729. The molecular weight excluding hydrogens is 511 g/mol. The monoisotopic (exact) mass is 554 g/mol. The van der Waals surface area contributed by atoms with Crippen LogP contribution in [-0.4, -0.2) is 61.1 Å². The molecule has 0 aromatic heterocycles. The van der Waals surface area contributed by atoms with E-state index in [4.69, 9.17) is 4.74 Å². The van der Waals surface area contributed by atoms with Crippen LogP contribution in [0.5, 0.6) is 0 Å². The molecule has 2 aromatic rings. The highest BCUT2D eigenvalue weighted by Crippen LogP contribution is 2.35. The SMILES string of the molecule is CC(C)CC(NC(=O)CNC(=O)OCc1ccccc1)C(=O)NC1CCC(Cc2cccc(F)c2)(N(C)C)CC1. The van der Waals surface area contributed by atoms with Gasteiger partial charge in [-0.15, -0.1) is 0 Å². The van der Waals surface area contributed by atoms with E-state index in [1.165, 1.54) is 6.07 Å². The van der Waals surface area contributed by atoms with Gasteiger partial charge in [0.25, 0.3) is 0 Å². The van der Waals surface area contributed by atoms with E-state index in [-0.39, 0.29) is 42.4 Å². The number of rotatable bonds is 12. The highest BCUT2D eigenvalue weighted by Gasteiger charge is 2.38. The molecule has 1 atom stereocenters. The van der Waals surface area contributed by atoms with E-state index in [9.17, 15) is 18.8 Å². The zero-order valence-corrected chi connectivity index (χ0v) is 24.0. The van der Waals surface area contributed by atoms with Gasteiger partial charge in [0.15, 0.2) is 0 Å². The third kappa shape index (κ3) is 9.62. The molecule has 3 N–H and O–H groups in total.